The van der Waals surface area contributed by atoms with E-state index < -0.39 is 0 Å². The van der Waals surface area contributed by atoms with Gasteiger partial charge in [-0.3, -0.25) is 0 Å². The molecule has 0 aliphatic heterocycles. The highest BCUT2D eigenvalue weighted by Crippen LogP contribution is 2.18. The zero-order valence-corrected chi connectivity index (χ0v) is 10.9. The molecule has 0 aromatic heterocycles. The van der Waals surface area contributed by atoms with E-state index in [1.807, 2.05) is 26.0 Å². The van der Waals surface area contributed by atoms with Crippen molar-refractivity contribution in [2.24, 2.45) is 0 Å². The van der Waals surface area contributed by atoms with Crippen LogP contribution in [0.5, 0.6) is 0 Å². The predicted molar refractivity (Wildman–Crippen MR) is 75.2 cm³/mol. The second-order valence-corrected chi connectivity index (χ2v) is 3.30. The summed E-state index contributed by atoms with van der Waals surface area (Å²) in [6, 6.07) is 10.4. The van der Waals surface area contributed by atoms with Crippen molar-refractivity contribution in [3.05, 3.63) is 54.6 Å². The molecule has 0 N–H and O–H groups in total. The fourth-order valence-corrected chi connectivity index (χ4v) is 1.55. The van der Waals surface area contributed by atoms with Crippen LogP contribution in [0.2, 0.25) is 0 Å². The molecule has 0 saturated carbocycles. The van der Waals surface area contributed by atoms with Crippen LogP contribution in [0, 0.1) is 0 Å². The van der Waals surface area contributed by atoms with E-state index in [0.717, 1.165) is 12.6 Å². The zero-order chi connectivity index (χ0) is 11.5. The van der Waals surface area contributed by atoms with E-state index in [0.29, 0.717) is 0 Å². The normalized spacial score (nSPS) is 10.2. The third-order valence-corrected chi connectivity index (χ3v) is 2.11. The van der Waals surface area contributed by atoms with Crippen LogP contribution in [0.4, 0.5) is 0 Å². The molecule has 0 heterocycles. The average Bonchev–Trinajstić information content (AvgIpc) is 2.33. The van der Waals surface area contributed by atoms with Crippen molar-refractivity contribution in [2.75, 3.05) is 6.16 Å². The van der Waals surface area contributed by atoms with Gasteiger partial charge in [-0.25, -0.2) is 0 Å². The Morgan fingerprint density at radius 2 is 1.87 bits per heavy atom. The molecule has 1 aromatic carbocycles. The minimum Gasteiger partial charge on any atom is -0.134 e. The van der Waals surface area contributed by atoms with Crippen LogP contribution in [0.1, 0.15) is 25.8 Å². The molecule has 0 aliphatic carbocycles. The van der Waals surface area contributed by atoms with Gasteiger partial charge in [0.15, 0.2) is 0 Å². The number of rotatable bonds is 4. The summed E-state index contributed by atoms with van der Waals surface area (Å²) in [7, 11) is 2.71. The first-order valence-corrected chi connectivity index (χ1v) is 6.25. The Kier molecular flexibility index (Phi) is 9.11. The molecule has 1 unspecified atom stereocenters. The first kappa shape index (κ1) is 14.1. The minimum atomic E-state index is 0.943. The van der Waals surface area contributed by atoms with Crippen LogP contribution in [0.3, 0.4) is 0 Å². The average molecular weight is 220 g/mol. The van der Waals surface area contributed by atoms with Crippen molar-refractivity contribution in [3.63, 3.8) is 0 Å². The van der Waals surface area contributed by atoms with E-state index in [9.17, 15) is 0 Å². The Hall–Kier alpha value is -0.870. The third kappa shape index (κ3) is 5.54. The number of allylic oxidation sites excluding steroid dienone is 3. The minimum absolute atomic E-state index is 0.943. The molecule has 0 amide bonds. The lowest BCUT2D eigenvalue weighted by atomic mass is 10.0. The molecule has 1 atom stereocenters. The van der Waals surface area contributed by atoms with Gasteiger partial charge in [0.05, 0.1) is 0 Å². The van der Waals surface area contributed by atoms with Crippen molar-refractivity contribution in [2.45, 2.75) is 20.3 Å². The summed E-state index contributed by atoms with van der Waals surface area (Å²) in [6.07, 6.45) is 6.11. The van der Waals surface area contributed by atoms with E-state index in [4.69, 9.17) is 0 Å². The van der Waals surface area contributed by atoms with E-state index in [2.05, 4.69) is 46.2 Å². The lowest BCUT2D eigenvalue weighted by Crippen LogP contribution is -1.82. The summed E-state index contributed by atoms with van der Waals surface area (Å²) in [5.74, 6) is 0. The highest BCUT2D eigenvalue weighted by molar-refractivity contribution is 7.16. The maximum absolute atomic E-state index is 3.76. The fourth-order valence-electron chi connectivity index (χ4n) is 1.27. The number of hydrogen-bond donors (Lipinski definition) is 0. The van der Waals surface area contributed by atoms with Crippen LogP contribution >= 0.6 is 9.24 Å². The van der Waals surface area contributed by atoms with E-state index >= 15 is 0 Å². The molecule has 15 heavy (non-hydrogen) atoms. The summed E-state index contributed by atoms with van der Waals surface area (Å²) >= 11 is 0. The van der Waals surface area contributed by atoms with Gasteiger partial charge in [0.1, 0.15) is 0 Å². The number of hydrogen-bond acceptors (Lipinski definition) is 0. The van der Waals surface area contributed by atoms with Crippen LogP contribution in [0.25, 0.3) is 5.57 Å². The highest BCUT2D eigenvalue weighted by Gasteiger charge is 1.96. The molecule has 0 aliphatic rings. The lowest BCUT2D eigenvalue weighted by molar-refractivity contribution is 1.39. The smallest absolute Gasteiger partial charge is 0.00972 e. The van der Waals surface area contributed by atoms with Gasteiger partial charge in [0, 0.05) is 0 Å². The molecule has 1 aromatic rings. The fraction of sp³-hybridized carbons (Fsp3) is 0.286. The Balaban J connectivity index is 0.000000921. The molecule has 0 radical (unpaired) electrons. The van der Waals surface area contributed by atoms with E-state index in [1.54, 1.807) is 0 Å². The van der Waals surface area contributed by atoms with Crippen molar-refractivity contribution in [1.82, 2.24) is 0 Å². The molecule has 82 valence electrons. The Bertz CT molecular complexity index is 285. The molecule has 0 fully saturated rings. The largest absolute Gasteiger partial charge is 0.134 e. The Morgan fingerprint density at radius 3 is 2.33 bits per heavy atom. The standard InChI is InChI=1S/C12H15P.C2H6/c1-2-6-11(9-10-13)12-7-4-3-5-8-12;1-2/h2-5,7-9H,1,6,10,13H2;1-2H3/b11-9+;. The molecule has 0 saturated heterocycles. The first-order valence-electron chi connectivity index (χ1n) is 5.44. The Morgan fingerprint density at radius 1 is 1.27 bits per heavy atom. The quantitative estimate of drug-likeness (QED) is 0.516. The summed E-state index contributed by atoms with van der Waals surface area (Å²) in [5.41, 5.74) is 2.65. The summed E-state index contributed by atoms with van der Waals surface area (Å²) < 4.78 is 0. The number of benzene rings is 1. The first-order chi connectivity index (χ1) is 7.38. The van der Waals surface area contributed by atoms with Crippen LogP contribution in [-0.2, 0) is 0 Å². The van der Waals surface area contributed by atoms with Gasteiger partial charge in [-0.2, -0.15) is 0 Å². The highest BCUT2D eigenvalue weighted by atomic mass is 31.0. The molecule has 0 bridgehead atoms. The van der Waals surface area contributed by atoms with Crippen molar-refractivity contribution in [1.29, 1.82) is 0 Å². The van der Waals surface area contributed by atoms with Gasteiger partial charge < -0.3 is 0 Å². The maximum atomic E-state index is 3.76. The van der Waals surface area contributed by atoms with Crippen LogP contribution < -0.4 is 0 Å². The van der Waals surface area contributed by atoms with Gasteiger partial charge in [-0.05, 0) is 23.7 Å². The molecule has 1 rings (SSSR count). The van der Waals surface area contributed by atoms with Gasteiger partial charge in [-0.1, -0.05) is 56.3 Å². The maximum Gasteiger partial charge on any atom is -0.00972 e. The van der Waals surface area contributed by atoms with Gasteiger partial charge in [0.2, 0.25) is 0 Å². The van der Waals surface area contributed by atoms with Gasteiger partial charge in [-0.15, -0.1) is 15.8 Å². The zero-order valence-electron chi connectivity index (χ0n) is 9.74. The van der Waals surface area contributed by atoms with E-state index in [-0.39, 0.29) is 0 Å². The van der Waals surface area contributed by atoms with Gasteiger partial charge >= 0.3 is 0 Å². The summed E-state index contributed by atoms with van der Waals surface area (Å²) in [5, 5.41) is 0. The second kappa shape index (κ2) is 9.68. The predicted octanol–water partition coefficient (Wildman–Crippen LogP) is 4.55. The molecule has 0 spiro atoms. The summed E-state index contributed by atoms with van der Waals surface area (Å²) in [4.78, 5) is 0. The summed E-state index contributed by atoms with van der Waals surface area (Å²) in [6.45, 7) is 7.76. The monoisotopic (exact) mass is 220 g/mol. The molecule has 0 nitrogen and oxygen atoms in total. The van der Waals surface area contributed by atoms with Gasteiger partial charge in [0.25, 0.3) is 0 Å². The molecular formula is C14H21P. The van der Waals surface area contributed by atoms with Crippen LogP contribution in [-0.4, -0.2) is 6.16 Å². The Labute approximate surface area is 96.3 Å². The van der Waals surface area contributed by atoms with Crippen molar-refractivity contribution >= 4 is 14.8 Å². The van der Waals surface area contributed by atoms with Crippen LogP contribution in [0.15, 0.2) is 49.1 Å². The SMILES string of the molecule is C=CC/C(=C\CP)c1ccccc1.CC. The second-order valence-electron chi connectivity index (χ2n) is 2.82. The third-order valence-electron chi connectivity index (χ3n) is 1.87. The lowest BCUT2D eigenvalue weighted by Gasteiger charge is -2.03. The van der Waals surface area contributed by atoms with Crippen molar-refractivity contribution in [3.8, 4) is 0 Å². The van der Waals surface area contributed by atoms with E-state index in [1.165, 1.54) is 11.1 Å². The topological polar surface area (TPSA) is 0 Å². The van der Waals surface area contributed by atoms with Crippen molar-refractivity contribution < 1.29 is 0 Å². The molecular weight excluding hydrogens is 199 g/mol. The molecule has 1 heteroatoms.